The molecule has 9 heteroatoms. The number of methoxy groups -OCH3 is 1. The number of hydrogen-bond donors (Lipinski definition) is 1. The number of amides is 1. The largest absolute Gasteiger partial charge is 0.385 e. The second kappa shape index (κ2) is 8.87. The van der Waals surface area contributed by atoms with Crippen LogP contribution in [-0.2, 0) is 11.3 Å². The molecule has 0 saturated carbocycles. The van der Waals surface area contributed by atoms with Crippen molar-refractivity contribution in [2.24, 2.45) is 0 Å². The van der Waals surface area contributed by atoms with Crippen LogP contribution in [0, 0.1) is 6.92 Å². The van der Waals surface area contributed by atoms with Crippen LogP contribution in [0.5, 0.6) is 0 Å². The van der Waals surface area contributed by atoms with E-state index < -0.39 is 5.91 Å². The molecule has 0 aliphatic rings. The topological polar surface area (TPSA) is 90.5 Å². The molecule has 0 aliphatic carbocycles. The fourth-order valence-electron chi connectivity index (χ4n) is 3.45. The predicted molar refractivity (Wildman–Crippen MR) is 119 cm³/mol. The maximum Gasteiger partial charge on any atom is 0.296 e. The van der Waals surface area contributed by atoms with Gasteiger partial charge in [-0.15, -0.1) is 5.10 Å². The number of nitrogens with zero attached hydrogens (tertiary/aromatic N) is 4. The van der Waals surface area contributed by atoms with Gasteiger partial charge in [0.25, 0.3) is 11.5 Å². The van der Waals surface area contributed by atoms with Gasteiger partial charge in [-0.05, 0) is 48.7 Å². The lowest BCUT2D eigenvalue weighted by atomic mass is 10.2. The van der Waals surface area contributed by atoms with Gasteiger partial charge in [0.1, 0.15) is 0 Å². The number of rotatable bonds is 7. The van der Waals surface area contributed by atoms with Crippen molar-refractivity contribution < 1.29 is 9.53 Å². The van der Waals surface area contributed by atoms with E-state index >= 15 is 0 Å². The molecule has 1 N–H and O–H groups in total. The van der Waals surface area contributed by atoms with Gasteiger partial charge in [0.05, 0.1) is 17.6 Å². The van der Waals surface area contributed by atoms with Crippen molar-refractivity contribution in [1.82, 2.24) is 24.5 Å². The van der Waals surface area contributed by atoms with Gasteiger partial charge in [0.15, 0.2) is 0 Å². The monoisotopic (exact) mass is 439 g/mol. The molecule has 0 saturated heterocycles. The zero-order chi connectivity index (χ0) is 22.0. The zero-order valence-corrected chi connectivity index (χ0v) is 18.0. The van der Waals surface area contributed by atoms with Gasteiger partial charge in [0.2, 0.25) is 11.5 Å². The van der Waals surface area contributed by atoms with Crippen molar-refractivity contribution in [2.75, 3.05) is 20.3 Å². The van der Waals surface area contributed by atoms with Crippen molar-refractivity contribution in [1.29, 1.82) is 0 Å². The minimum absolute atomic E-state index is 0.0445. The number of aryl methyl sites for hydroxylation is 1. The van der Waals surface area contributed by atoms with Gasteiger partial charge in [-0.1, -0.05) is 29.8 Å². The molecule has 0 radical (unpaired) electrons. The highest BCUT2D eigenvalue weighted by molar-refractivity contribution is 6.30. The molecule has 31 heavy (non-hydrogen) atoms. The van der Waals surface area contributed by atoms with E-state index in [4.69, 9.17) is 16.3 Å². The predicted octanol–water partition coefficient (Wildman–Crippen LogP) is 2.82. The van der Waals surface area contributed by atoms with Crippen LogP contribution in [0.25, 0.3) is 16.7 Å². The van der Waals surface area contributed by atoms with E-state index in [-0.39, 0.29) is 17.0 Å². The van der Waals surface area contributed by atoms with Crippen LogP contribution in [0.3, 0.4) is 0 Å². The third-order valence-electron chi connectivity index (χ3n) is 4.94. The van der Waals surface area contributed by atoms with Crippen molar-refractivity contribution in [2.45, 2.75) is 19.9 Å². The Kier molecular flexibility index (Phi) is 6.01. The van der Waals surface area contributed by atoms with Gasteiger partial charge in [0, 0.05) is 25.3 Å². The summed E-state index contributed by atoms with van der Waals surface area (Å²) in [6, 6.07) is 13.1. The van der Waals surface area contributed by atoms with E-state index in [2.05, 4.69) is 15.4 Å². The summed E-state index contributed by atoms with van der Waals surface area (Å²) in [5.74, 6) is -0.474. The van der Waals surface area contributed by atoms with Gasteiger partial charge in [-0.25, -0.2) is 4.52 Å². The third-order valence-corrected chi connectivity index (χ3v) is 5.17. The van der Waals surface area contributed by atoms with Crippen molar-refractivity contribution in [3.8, 4) is 0 Å². The van der Waals surface area contributed by atoms with Crippen LogP contribution in [0.15, 0.2) is 47.3 Å². The first-order chi connectivity index (χ1) is 15.0. The van der Waals surface area contributed by atoms with Crippen molar-refractivity contribution >= 4 is 34.2 Å². The highest BCUT2D eigenvalue weighted by Gasteiger charge is 2.19. The molecule has 2 aromatic carbocycles. The van der Waals surface area contributed by atoms with Crippen LogP contribution >= 0.6 is 11.6 Å². The summed E-state index contributed by atoms with van der Waals surface area (Å²) in [6.07, 6.45) is 0.671. The Labute approximate surface area is 183 Å². The van der Waals surface area contributed by atoms with E-state index in [1.54, 1.807) is 17.7 Å². The van der Waals surface area contributed by atoms with Crippen LogP contribution < -0.4 is 10.9 Å². The molecule has 0 atom stereocenters. The van der Waals surface area contributed by atoms with E-state index in [1.165, 1.54) is 4.52 Å². The molecule has 0 unspecified atom stereocenters. The average Bonchev–Trinajstić information content (AvgIpc) is 3.20. The lowest BCUT2D eigenvalue weighted by molar-refractivity contribution is 0.0938. The molecule has 0 bridgehead atoms. The molecule has 4 rings (SSSR count). The second-order valence-electron chi connectivity index (χ2n) is 7.29. The van der Waals surface area contributed by atoms with Crippen LogP contribution in [0.1, 0.15) is 28.2 Å². The van der Waals surface area contributed by atoms with E-state index in [9.17, 15) is 9.59 Å². The Bertz CT molecular complexity index is 1330. The van der Waals surface area contributed by atoms with E-state index in [0.29, 0.717) is 42.2 Å². The third kappa shape index (κ3) is 4.30. The first kappa shape index (κ1) is 21.0. The lowest BCUT2D eigenvalue weighted by Crippen LogP contribution is -2.26. The number of halogens is 1. The highest BCUT2D eigenvalue weighted by atomic mass is 35.5. The van der Waals surface area contributed by atoms with Gasteiger partial charge < -0.3 is 10.1 Å². The summed E-state index contributed by atoms with van der Waals surface area (Å²) < 4.78 is 8.06. The number of ether oxygens (including phenoxy) is 1. The normalized spacial score (nSPS) is 11.3. The summed E-state index contributed by atoms with van der Waals surface area (Å²) in [7, 11) is 1.60. The molecule has 2 aromatic heterocycles. The van der Waals surface area contributed by atoms with Crippen molar-refractivity contribution in [3.63, 3.8) is 0 Å². The summed E-state index contributed by atoms with van der Waals surface area (Å²) in [5.41, 5.74) is 3.05. The molecule has 0 spiro atoms. The molecular formula is C22H22ClN5O3. The second-order valence-corrected chi connectivity index (χ2v) is 7.72. The van der Waals surface area contributed by atoms with Gasteiger partial charge >= 0.3 is 0 Å². The first-order valence-corrected chi connectivity index (χ1v) is 10.3. The summed E-state index contributed by atoms with van der Waals surface area (Å²) in [5, 5.41) is 7.67. The summed E-state index contributed by atoms with van der Waals surface area (Å²) in [4.78, 5) is 30.1. The summed E-state index contributed by atoms with van der Waals surface area (Å²) in [6.45, 7) is 3.25. The SMILES string of the molecule is COCCCNC(=O)c1nc2c(=O)n(Cc3cccc(Cl)c3)c3cc(C)ccc3n2n1. The molecule has 160 valence electrons. The number of fused-ring (bicyclic) bond motifs is 3. The number of hydrogen-bond acceptors (Lipinski definition) is 5. The number of carbonyl (C=O) groups is 1. The molecular weight excluding hydrogens is 418 g/mol. The number of benzene rings is 2. The highest BCUT2D eigenvalue weighted by Crippen LogP contribution is 2.18. The van der Waals surface area contributed by atoms with Crippen LogP contribution in [0.4, 0.5) is 0 Å². The van der Waals surface area contributed by atoms with Gasteiger partial charge in [-0.2, -0.15) is 4.98 Å². The Hall–Kier alpha value is -3.23. The Morgan fingerprint density at radius 1 is 1.19 bits per heavy atom. The quantitative estimate of drug-likeness (QED) is 0.447. The minimum Gasteiger partial charge on any atom is -0.385 e. The first-order valence-electron chi connectivity index (χ1n) is 9.89. The van der Waals surface area contributed by atoms with E-state index in [1.807, 2.05) is 43.3 Å². The fourth-order valence-corrected chi connectivity index (χ4v) is 3.66. The standard InChI is InChI=1S/C22H22ClN5O3/c1-14-7-8-17-18(11-14)27(13-15-5-3-6-16(23)12-15)22(30)20-25-19(26-28(17)20)21(29)24-9-4-10-31-2/h3,5-8,11-12H,4,9-10,13H2,1-2H3,(H,24,29). The zero-order valence-electron chi connectivity index (χ0n) is 17.3. The number of nitrogens with one attached hydrogen (secondary N) is 1. The Morgan fingerprint density at radius 2 is 2.03 bits per heavy atom. The number of carbonyl (C=O) groups excluding carboxylic acids is 1. The Morgan fingerprint density at radius 3 is 2.81 bits per heavy atom. The summed E-state index contributed by atoms with van der Waals surface area (Å²) >= 11 is 6.12. The van der Waals surface area contributed by atoms with E-state index in [0.717, 1.165) is 11.1 Å². The molecule has 0 aliphatic heterocycles. The average molecular weight is 440 g/mol. The molecule has 2 heterocycles. The lowest BCUT2D eigenvalue weighted by Gasteiger charge is -2.12. The van der Waals surface area contributed by atoms with Crippen LogP contribution in [0.2, 0.25) is 5.02 Å². The van der Waals surface area contributed by atoms with Crippen LogP contribution in [-0.4, -0.2) is 45.3 Å². The molecule has 0 fully saturated rings. The molecule has 1 amide bonds. The maximum absolute atomic E-state index is 13.3. The fraction of sp³-hybridized carbons (Fsp3) is 0.273. The minimum atomic E-state index is -0.430. The smallest absolute Gasteiger partial charge is 0.296 e. The maximum atomic E-state index is 13.3. The molecule has 8 nitrogen and oxygen atoms in total. The Balaban J connectivity index is 1.81. The van der Waals surface area contributed by atoms with Gasteiger partial charge in [-0.3, -0.25) is 14.2 Å². The number of aromatic nitrogens is 4. The molecule has 4 aromatic rings. The van der Waals surface area contributed by atoms with Crippen molar-refractivity contribution in [3.05, 3.63) is 74.8 Å².